The summed E-state index contributed by atoms with van der Waals surface area (Å²) in [7, 11) is 0. The fourth-order valence-electron chi connectivity index (χ4n) is 2.57. The number of hydrogen-bond acceptors (Lipinski definition) is 1. The summed E-state index contributed by atoms with van der Waals surface area (Å²) in [5.74, 6) is 0. The molecule has 2 N–H and O–H groups in total. The summed E-state index contributed by atoms with van der Waals surface area (Å²) in [6, 6.07) is 18.5. The molecule has 0 aliphatic heterocycles. The largest absolute Gasteiger partial charge is 0.359 e. The van der Waals surface area contributed by atoms with Crippen molar-refractivity contribution in [2.24, 2.45) is 0 Å². The van der Waals surface area contributed by atoms with Gasteiger partial charge in [0.2, 0.25) is 0 Å². The van der Waals surface area contributed by atoms with Crippen LogP contribution in [0, 0.1) is 0 Å². The van der Waals surface area contributed by atoms with Gasteiger partial charge in [0.15, 0.2) is 5.11 Å². The Morgan fingerprint density at radius 3 is 2.48 bits per heavy atom. The van der Waals surface area contributed by atoms with Crippen LogP contribution in [0.2, 0.25) is 5.02 Å². The summed E-state index contributed by atoms with van der Waals surface area (Å²) < 4.78 is 0. The van der Waals surface area contributed by atoms with Gasteiger partial charge in [-0.2, -0.15) is 0 Å². The highest BCUT2D eigenvalue weighted by molar-refractivity contribution is 7.80. The van der Waals surface area contributed by atoms with Crippen molar-refractivity contribution in [3.05, 3.63) is 65.2 Å². The van der Waals surface area contributed by atoms with E-state index in [0.717, 1.165) is 17.1 Å². The molecule has 0 aromatic heterocycles. The molecule has 1 fully saturated rings. The van der Waals surface area contributed by atoms with Crippen molar-refractivity contribution >= 4 is 34.6 Å². The summed E-state index contributed by atoms with van der Waals surface area (Å²) >= 11 is 11.3. The van der Waals surface area contributed by atoms with Gasteiger partial charge in [0.25, 0.3) is 0 Å². The van der Waals surface area contributed by atoms with Crippen LogP contribution in [-0.2, 0) is 5.41 Å². The number of halogens is 1. The van der Waals surface area contributed by atoms with Gasteiger partial charge in [-0.05, 0) is 48.5 Å². The molecule has 2 nitrogen and oxygen atoms in total. The van der Waals surface area contributed by atoms with Gasteiger partial charge in [-0.25, -0.2) is 0 Å². The molecule has 108 valence electrons. The third-order valence-corrected chi connectivity index (χ3v) is 4.55. The molecule has 2 aromatic carbocycles. The average Bonchev–Trinajstić information content (AvgIpc) is 3.14. The Morgan fingerprint density at radius 1 is 1.14 bits per heavy atom. The SMILES string of the molecule is C[C@]1(c2ccccc2)C[C@H]1NC(=S)Nc1ccc(Cl)cc1. The lowest BCUT2D eigenvalue weighted by Crippen LogP contribution is -2.33. The quantitative estimate of drug-likeness (QED) is 0.823. The summed E-state index contributed by atoms with van der Waals surface area (Å²) in [6.07, 6.45) is 1.10. The van der Waals surface area contributed by atoms with Crippen LogP contribution in [0.4, 0.5) is 5.69 Å². The molecule has 0 bridgehead atoms. The number of benzene rings is 2. The Hall–Kier alpha value is -1.58. The number of thiocarbonyl (C=S) groups is 1. The first-order valence-electron chi connectivity index (χ1n) is 6.96. The molecule has 0 saturated heterocycles. The minimum Gasteiger partial charge on any atom is -0.359 e. The monoisotopic (exact) mass is 316 g/mol. The first kappa shape index (κ1) is 14.4. The van der Waals surface area contributed by atoms with E-state index < -0.39 is 0 Å². The molecule has 0 radical (unpaired) electrons. The molecule has 21 heavy (non-hydrogen) atoms. The zero-order chi connectivity index (χ0) is 14.9. The Labute approximate surface area is 135 Å². The van der Waals surface area contributed by atoms with Gasteiger partial charge in [0, 0.05) is 22.2 Å². The molecular formula is C17H17ClN2S. The normalized spacial score (nSPS) is 23.4. The van der Waals surface area contributed by atoms with E-state index in [1.807, 2.05) is 30.3 Å². The Balaban J connectivity index is 1.59. The second-order valence-corrected chi connectivity index (χ2v) is 6.49. The molecule has 2 aromatic rings. The number of nitrogens with one attached hydrogen (secondary N) is 2. The third kappa shape index (κ3) is 3.20. The van der Waals surface area contributed by atoms with Gasteiger partial charge in [-0.3, -0.25) is 0 Å². The van der Waals surface area contributed by atoms with Crippen molar-refractivity contribution in [2.45, 2.75) is 24.8 Å². The van der Waals surface area contributed by atoms with Crippen molar-refractivity contribution in [1.82, 2.24) is 5.32 Å². The lowest BCUT2D eigenvalue weighted by molar-refractivity contribution is 0.706. The van der Waals surface area contributed by atoms with E-state index in [1.165, 1.54) is 5.56 Å². The molecule has 0 heterocycles. The van der Waals surface area contributed by atoms with Crippen LogP contribution < -0.4 is 10.6 Å². The van der Waals surface area contributed by atoms with E-state index in [0.29, 0.717) is 11.2 Å². The van der Waals surface area contributed by atoms with Crippen molar-refractivity contribution in [2.75, 3.05) is 5.32 Å². The molecule has 1 aliphatic rings. The molecule has 2 atom stereocenters. The fraction of sp³-hybridized carbons (Fsp3) is 0.235. The van der Waals surface area contributed by atoms with Gasteiger partial charge in [0.05, 0.1) is 0 Å². The summed E-state index contributed by atoms with van der Waals surface area (Å²) in [5.41, 5.74) is 2.48. The van der Waals surface area contributed by atoms with Gasteiger partial charge in [-0.15, -0.1) is 0 Å². The fourth-order valence-corrected chi connectivity index (χ4v) is 2.96. The molecule has 0 unspecified atom stereocenters. The molecule has 1 saturated carbocycles. The van der Waals surface area contributed by atoms with Gasteiger partial charge in [0.1, 0.15) is 0 Å². The second-order valence-electron chi connectivity index (χ2n) is 5.65. The number of anilines is 1. The first-order chi connectivity index (χ1) is 10.1. The highest BCUT2D eigenvalue weighted by Crippen LogP contribution is 2.47. The Kier molecular flexibility index (Phi) is 3.87. The maximum Gasteiger partial charge on any atom is 0.171 e. The van der Waals surface area contributed by atoms with E-state index in [2.05, 4.69) is 41.8 Å². The minimum atomic E-state index is 0.174. The van der Waals surface area contributed by atoms with E-state index >= 15 is 0 Å². The average molecular weight is 317 g/mol. The lowest BCUT2D eigenvalue weighted by atomic mass is 9.98. The van der Waals surface area contributed by atoms with Gasteiger partial charge < -0.3 is 10.6 Å². The van der Waals surface area contributed by atoms with Crippen LogP contribution in [-0.4, -0.2) is 11.2 Å². The van der Waals surface area contributed by atoms with Crippen LogP contribution in [0.3, 0.4) is 0 Å². The van der Waals surface area contributed by atoms with E-state index in [9.17, 15) is 0 Å². The molecule has 4 heteroatoms. The van der Waals surface area contributed by atoms with Crippen LogP contribution >= 0.6 is 23.8 Å². The Morgan fingerprint density at radius 2 is 1.81 bits per heavy atom. The summed E-state index contributed by atoms with van der Waals surface area (Å²) in [6.45, 7) is 2.27. The molecule has 0 amide bonds. The minimum absolute atomic E-state index is 0.174. The van der Waals surface area contributed by atoms with Crippen LogP contribution in [0.1, 0.15) is 18.9 Å². The maximum atomic E-state index is 5.87. The molecule has 1 aliphatic carbocycles. The third-order valence-electron chi connectivity index (χ3n) is 4.08. The van der Waals surface area contributed by atoms with Gasteiger partial charge in [-0.1, -0.05) is 48.9 Å². The van der Waals surface area contributed by atoms with Crippen LogP contribution in [0.15, 0.2) is 54.6 Å². The smallest absolute Gasteiger partial charge is 0.171 e. The zero-order valence-corrected chi connectivity index (χ0v) is 13.3. The topological polar surface area (TPSA) is 24.1 Å². The molecular weight excluding hydrogens is 300 g/mol. The van der Waals surface area contributed by atoms with E-state index in [4.69, 9.17) is 23.8 Å². The molecule has 3 rings (SSSR count). The zero-order valence-electron chi connectivity index (χ0n) is 11.8. The summed E-state index contributed by atoms with van der Waals surface area (Å²) in [5, 5.41) is 7.96. The highest BCUT2D eigenvalue weighted by Gasteiger charge is 2.51. The van der Waals surface area contributed by atoms with E-state index in [1.54, 1.807) is 0 Å². The number of rotatable bonds is 3. The van der Waals surface area contributed by atoms with Crippen molar-refractivity contribution < 1.29 is 0 Å². The van der Waals surface area contributed by atoms with Crippen molar-refractivity contribution in [3.8, 4) is 0 Å². The predicted octanol–water partition coefficient (Wildman–Crippen LogP) is 4.36. The standard InChI is InChI=1S/C17H17ClN2S/c1-17(12-5-3-2-4-6-12)11-15(17)20-16(21)19-14-9-7-13(18)8-10-14/h2-10,15H,11H2,1H3,(H2,19,20,21)/t15-,17-/m1/s1. The van der Waals surface area contributed by atoms with E-state index in [-0.39, 0.29) is 5.41 Å². The van der Waals surface area contributed by atoms with Crippen LogP contribution in [0.25, 0.3) is 0 Å². The van der Waals surface area contributed by atoms with Crippen molar-refractivity contribution in [3.63, 3.8) is 0 Å². The molecule has 0 spiro atoms. The number of hydrogen-bond donors (Lipinski definition) is 2. The van der Waals surface area contributed by atoms with Gasteiger partial charge >= 0.3 is 0 Å². The van der Waals surface area contributed by atoms with Crippen molar-refractivity contribution in [1.29, 1.82) is 0 Å². The predicted molar refractivity (Wildman–Crippen MR) is 93.0 cm³/mol. The highest BCUT2D eigenvalue weighted by atomic mass is 35.5. The second kappa shape index (κ2) is 5.66. The van der Waals surface area contributed by atoms with Crippen LogP contribution in [0.5, 0.6) is 0 Å². The summed E-state index contributed by atoms with van der Waals surface area (Å²) in [4.78, 5) is 0. The Bertz CT molecular complexity index is 642. The maximum absolute atomic E-state index is 5.87. The lowest BCUT2D eigenvalue weighted by Gasteiger charge is -2.15. The first-order valence-corrected chi connectivity index (χ1v) is 7.75.